The first kappa shape index (κ1) is 16.9. The number of carbonyl (C=O) groups excluding carboxylic acids is 1. The predicted octanol–water partition coefficient (Wildman–Crippen LogP) is 3.38. The molecule has 20 heavy (non-hydrogen) atoms. The first-order chi connectivity index (χ1) is 9.36. The summed E-state index contributed by atoms with van der Waals surface area (Å²) in [5.41, 5.74) is -1.78. The summed E-state index contributed by atoms with van der Waals surface area (Å²) in [6, 6.07) is 5.82. The zero-order valence-electron chi connectivity index (χ0n) is 11.3. The van der Waals surface area contributed by atoms with Crippen LogP contribution in [0.5, 0.6) is 0 Å². The average molecular weight is 307 g/mol. The number of ether oxygens (including phenoxy) is 1. The highest BCUT2D eigenvalue weighted by molar-refractivity contribution is 6.30. The van der Waals surface area contributed by atoms with Crippen LogP contribution in [0.1, 0.15) is 25.8 Å². The van der Waals surface area contributed by atoms with E-state index in [1.807, 2.05) is 0 Å². The Kier molecular flexibility index (Phi) is 5.89. The van der Waals surface area contributed by atoms with Gasteiger partial charge in [-0.2, -0.15) is 0 Å². The Morgan fingerprint density at radius 3 is 2.30 bits per heavy atom. The van der Waals surface area contributed by atoms with E-state index in [0.29, 0.717) is 5.02 Å². The summed E-state index contributed by atoms with van der Waals surface area (Å²) >= 11 is 5.74. The van der Waals surface area contributed by atoms with E-state index in [4.69, 9.17) is 11.6 Å². The lowest BCUT2D eigenvalue weighted by Crippen LogP contribution is -2.44. The monoisotopic (exact) mass is 306 g/mol. The molecule has 0 amide bonds. The summed E-state index contributed by atoms with van der Waals surface area (Å²) < 4.78 is 31.1. The summed E-state index contributed by atoms with van der Waals surface area (Å²) in [5.74, 6) is -3.05. The Labute approximate surface area is 121 Å². The molecule has 3 nitrogen and oxygen atoms in total. The molecule has 0 aliphatic rings. The molecule has 1 rings (SSSR count). The highest BCUT2D eigenvalue weighted by Crippen LogP contribution is 2.38. The van der Waals surface area contributed by atoms with Crippen LogP contribution in [0.25, 0.3) is 0 Å². The molecule has 1 aromatic carbocycles. The average Bonchev–Trinajstić information content (AvgIpc) is 2.39. The minimum atomic E-state index is -3.03. The van der Waals surface area contributed by atoms with Gasteiger partial charge in [-0.25, -0.2) is 8.78 Å². The third-order valence-corrected chi connectivity index (χ3v) is 3.44. The van der Waals surface area contributed by atoms with Crippen molar-refractivity contribution in [3.8, 4) is 0 Å². The molecular formula is C14H17ClF2O3. The van der Waals surface area contributed by atoms with Crippen molar-refractivity contribution >= 4 is 17.6 Å². The Morgan fingerprint density at radius 2 is 1.90 bits per heavy atom. The SMILES string of the molecule is CCOC(=O)C(C(F)F)C(O)(CC)c1ccc(Cl)cc1. The van der Waals surface area contributed by atoms with Gasteiger partial charge in [-0.1, -0.05) is 30.7 Å². The quantitative estimate of drug-likeness (QED) is 0.820. The van der Waals surface area contributed by atoms with E-state index in [0.717, 1.165) is 0 Å². The molecule has 2 atom stereocenters. The van der Waals surface area contributed by atoms with Crippen LogP contribution in [0.3, 0.4) is 0 Å². The van der Waals surface area contributed by atoms with E-state index >= 15 is 0 Å². The van der Waals surface area contributed by atoms with E-state index in [1.54, 1.807) is 0 Å². The lowest BCUT2D eigenvalue weighted by atomic mass is 9.79. The van der Waals surface area contributed by atoms with Crippen LogP contribution >= 0.6 is 11.6 Å². The first-order valence-corrected chi connectivity index (χ1v) is 6.67. The van der Waals surface area contributed by atoms with E-state index < -0.39 is 23.9 Å². The fourth-order valence-electron chi connectivity index (χ4n) is 2.08. The maximum Gasteiger partial charge on any atom is 0.318 e. The number of carbonyl (C=O) groups is 1. The van der Waals surface area contributed by atoms with Crippen molar-refractivity contribution in [2.45, 2.75) is 32.3 Å². The molecule has 6 heteroatoms. The number of benzene rings is 1. The molecular weight excluding hydrogens is 290 g/mol. The van der Waals surface area contributed by atoms with Crippen LogP contribution in [-0.2, 0) is 15.1 Å². The summed E-state index contributed by atoms with van der Waals surface area (Å²) in [7, 11) is 0. The zero-order chi connectivity index (χ0) is 15.3. The fourth-order valence-corrected chi connectivity index (χ4v) is 2.21. The molecule has 0 fully saturated rings. The zero-order valence-corrected chi connectivity index (χ0v) is 12.0. The van der Waals surface area contributed by atoms with Gasteiger partial charge in [0.25, 0.3) is 6.43 Å². The maximum absolute atomic E-state index is 13.2. The summed E-state index contributed by atoms with van der Waals surface area (Å²) in [6.45, 7) is 3.03. The first-order valence-electron chi connectivity index (χ1n) is 6.30. The fraction of sp³-hybridized carbons (Fsp3) is 0.500. The summed E-state index contributed by atoms with van der Waals surface area (Å²) in [4.78, 5) is 11.7. The van der Waals surface area contributed by atoms with Gasteiger partial charge in [0.15, 0.2) is 5.92 Å². The van der Waals surface area contributed by atoms with Crippen LogP contribution in [-0.4, -0.2) is 24.1 Å². The van der Waals surface area contributed by atoms with Crippen LogP contribution in [0, 0.1) is 5.92 Å². The van der Waals surface area contributed by atoms with Crippen molar-refractivity contribution in [3.05, 3.63) is 34.9 Å². The number of esters is 1. The molecule has 0 aromatic heterocycles. The molecule has 0 saturated carbocycles. The van der Waals surface area contributed by atoms with Crippen molar-refractivity contribution in [2.24, 2.45) is 5.92 Å². The molecule has 1 aromatic rings. The molecule has 0 radical (unpaired) electrons. The Hall–Kier alpha value is -1.20. The van der Waals surface area contributed by atoms with Gasteiger partial charge in [0, 0.05) is 5.02 Å². The molecule has 2 unspecified atom stereocenters. The van der Waals surface area contributed by atoms with Crippen LogP contribution in [0.15, 0.2) is 24.3 Å². The van der Waals surface area contributed by atoms with Gasteiger partial charge in [-0.3, -0.25) is 4.79 Å². The van der Waals surface area contributed by atoms with Crippen molar-refractivity contribution < 1.29 is 23.4 Å². The van der Waals surface area contributed by atoms with E-state index in [1.165, 1.54) is 38.1 Å². The lowest BCUT2D eigenvalue weighted by Gasteiger charge is -2.33. The topological polar surface area (TPSA) is 46.5 Å². The second-order valence-corrected chi connectivity index (χ2v) is 4.79. The maximum atomic E-state index is 13.2. The third-order valence-electron chi connectivity index (χ3n) is 3.19. The van der Waals surface area contributed by atoms with Gasteiger partial charge in [0.2, 0.25) is 0 Å². The Morgan fingerprint density at radius 1 is 1.35 bits per heavy atom. The number of aliphatic hydroxyl groups is 1. The Balaban J connectivity index is 3.23. The molecule has 0 bridgehead atoms. The highest BCUT2D eigenvalue weighted by atomic mass is 35.5. The lowest BCUT2D eigenvalue weighted by molar-refractivity contribution is -0.172. The van der Waals surface area contributed by atoms with Crippen molar-refractivity contribution in [2.75, 3.05) is 6.61 Å². The summed E-state index contributed by atoms with van der Waals surface area (Å²) in [5, 5.41) is 11.0. The van der Waals surface area contributed by atoms with Crippen LogP contribution in [0.4, 0.5) is 8.78 Å². The van der Waals surface area contributed by atoms with Crippen molar-refractivity contribution in [3.63, 3.8) is 0 Å². The van der Waals surface area contributed by atoms with Crippen molar-refractivity contribution in [1.82, 2.24) is 0 Å². The molecule has 0 heterocycles. The smallest absolute Gasteiger partial charge is 0.318 e. The van der Waals surface area contributed by atoms with E-state index in [9.17, 15) is 18.7 Å². The van der Waals surface area contributed by atoms with Gasteiger partial charge in [0.05, 0.1) is 6.61 Å². The molecule has 0 spiro atoms. The van der Waals surface area contributed by atoms with Gasteiger partial charge >= 0.3 is 5.97 Å². The largest absolute Gasteiger partial charge is 0.466 e. The van der Waals surface area contributed by atoms with E-state index in [-0.39, 0.29) is 18.6 Å². The van der Waals surface area contributed by atoms with Gasteiger partial charge in [0.1, 0.15) is 5.60 Å². The molecule has 1 N–H and O–H groups in total. The number of hydrogen-bond donors (Lipinski definition) is 1. The summed E-state index contributed by atoms with van der Waals surface area (Å²) in [6.07, 6.45) is -3.09. The van der Waals surface area contributed by atoms with Gasteiger partial charge in [-0.15, -0.1) is 0 Å². The molecule has 0 aliphatic heterocycles. The number of halogens is 3. The van der Waals surface area contributed by atoms with Crippen molar-refractivity contribution in [1.29, 1.82) is 0 Å². The predicted molar refractivity (Wildman–Crippen MR) is 71.8 cm³/mol. The highest BCUT2D eigenvalue weighted by Gasteiger charge is 2.48. The van der Waals surface area contributed by atoms with Gasteiger partial charge < -0.3 is 9.84 Å². The van der Waals surface area contributed by atoms with Crippen LogP contribution in [0.2, 0.25) is 5.02 Å². The third kappa shape index (κ3) is 3.46. The molecule has 0 saturated heterocycles. The second-order valence-electron chi connectivity index (χ2n) is 4.35. The Bertz CT molecular complexity index is 450. The van der Waals surface area contributed by atoms with Gasteiger partial charge in [-0.05, 0) is 31.0 Å². The minimum absolute atomic E-state index is 0.0253. The normalized spacial score (nSPS) is 15.8. The second kappa shape index (κ2) is 6.99. The van der Waals surface area contributed by atoms with Crippen LogP contribution < -0.4 is 0 Å². The number of rotatable bonds is 6. The number of hydrogen-bond acceptors (Lipinski definition) is 3. The number of alkyl halides is 2. The minimum Gasteiger partial charge on any atom is -0.466 e. The van der Waals surface area contributed by atoms with E-state index in [2.05, 4.69) is 4.74 Å². The molecule has 0 aliphatic carbocycles. The molecule has 112 valence electrons. The standard InChI is InChI=1S/C14H17ClF2O3/c1-3-14(19,9-5-7-10(15)8-6-9)11(12(16)17)13(18)20-4-2/h5-8,11-12,19H,3-4H2,1-2H3.